The van der Waals surface area contributed by atoms with Crippen LogP contribution in [-0.4, -0.2) is 6.54 Å². The van der Waals surface area contributed by atoms with Gasteiger partial charge in [0, 0.05) is 34.0 Å². The van der Waals surface area contributed by atoms with Gasteiger partial charge in [0.1, 0.15) is 5.82 Å². The third kappa shape index (κ3) is 1.86. The van der Waals surface area contributed by atoms with E-state index in [9.17, 15) is 4.39 Å². The summed E-state index contributed by atoms with van der Waals surface area (Å²) < 4.78 is 14.9. The standard InChI is InChI=1S/C17H14FNS/c18-15-6-3-7-16-13(15)8-17(20-16)14-10-19-9-11-4-1-2-5-12(11)14/h1-8,14,19H,9-10H2. The zero-order valence-corrected chi connectivity index (χ0v) is 11.7. The molecule has 2 aromatic carbocycles. The van der Waals surface area contributed by atoms with Crippen LogP contribution in [0, 0.1) is 5.82 Å². The average Bonchev–Trinajstić information content (AvgIpc) is 2.92. The molecule has 0 aliphatic carbocycles. The van der Waals surface area contributed by atoms with Gasteiger partial charge in [-0.25, -0.2) is 4.39 Å². The highest BCUT2D eigenvalue weighted by atomic mass is 32.1. The Balaban J connectivity index is 1.86. The van der Waals surface area contributed by atoms with Gasteiger partial charge in [0.15, 0.2) is 0 Å². The minimum Gasteiger partial charge on any atom is -0.312 e. The van der Waals surface area contributed by atoms with Crippen LogP contribution in [0.25, 0.3) is 10.1 Å². The van der Waals surface area contributed by atoms with Gasteiger partial charge in [-0.15, -0.1) is 11.3 Å². The molecule has 1 unspecified atom stereocenters. The molecule has 3 aromatic rings. The number of hydrogen-bond donors (Lipinski definition) is 1. The first-order chi connectivity index (χ1) is 9.83. The minimum atomic E-state index is -0.123. The van der Waals surface area contributed by atoms with Gasteiger partial charge in [-0.2, -0.15) is 0 Å². The first-order valence-electron chi connectivity index (χ1n) is 6.79. The summed E-state index contributed by atoms with van der Waals surface area (Å²) >= 11 is 1.70. The fourth-order valence-corrected chi connectivity index (χ4v) is 4.16. The average molecular weight is 283 g/mol. The molecule has 0 radical (unpaired) electrons. The monoisotopic (exact) mass is 283 g/mol. The lowest BCUT2D eigenvalue weighted by molar-refractivity contribution is 0.596. The molecular weight excluding hydrogens is 269 g/mol. The predicted molar refractivity (Wildman–Crippen MR) is 81.8 cm³/mol. The molecule has 1 aliphatic heterocycles. The fraction of sp³-hybridized carbons (Fsp3) is 0.176. The fourth-order valence-electron chi connectivity index (χ4n) is 2.97. The summed E-state index contributed by atoms with van der Waals surface area (Å²) in [5.74, 6) is 0.207. The van der Waals surface area contributed by atoms with E-state index in [0.717, 1.165) is 23.2 Å². The maximum absolute atomic E-state index is 13.9. The van der Waals surface area contributed by atoms with Gasteiger partial charge >= 0.3 is 0 Å². The smallest absolute Gasteiger partial charge is 0.131 e. The summed E-state index contributed by atoms with van der Waals surface area (Å²) in [5, 5.41) is 4.21. The number of benzene rings is 2. The normalized spacial score (nSPS) is 18.1. The molecule has 1 atom stereocenters. The van der Waals surface area contributed by atoms with Crippen molar-refractivity contribution in [3.05, 3.63) is 70.4 Å². The summed E-state index contributed by atoms with van der Waals surface area (Å²) in [6.45, 7) is 1.84. The van der Waals surface area contributed by atoms with Gasteiger partial charge in [-0.3, -0.25) is 0 Å². The van der Waals surface area contributed by atoms with Crippen LogP contribution in [0.4, 0.5) is 4.39 Å². The summed E-state index contributed by atoms with van der Waals surface area (Å²) in [6, 6.07) is 15.9. The SMILES string of the molecule is Fc1cccc2sc(C3CNCc4ccccc43)cc12. The van der Waals surface area contributed by atoms with Crippen LogP contribution < -0.4 is 5.32 Å². The van der Waals surface area contributed by atoms with Crippen molar-refractivity contribution in [2.24, 2.45) is 0 Å². The molecule has 4 rings (SSSR count). The first kappa shape index (κ1) is 12.1. The molecule has 2 heterocycles. The van der Waals surface area contributed by atoms with Crippen molar-refractivity contribution in [2.45, 2.75) is 12.5 Å². The highest BCUT2D eigenvalue weighted by molar-refractivity contribution is 7.19. The van der Waals surface area contributed by atoms with Crippen LogP contribution in [0.5, 0.6) is 0 Å². The second-order valence-electron chi connectivity index (χ2n) is 5.18. The molecule has 1 nitrogen and oxygen atoms in total. The van der Waals surface area contributed by atoms with Gasteiger partial charge in [0.05, 0.1) is 0 Å². The quantitative estimate of drug-likeness (QED) is 0.703. The van der Waals surface area contributed by atoms with Crippen LogP contribution >= 0.6 is 11.3 Å². The van der Waals surface area contributed by atoms with Gasteiger partial charge in [0.2, 0.25) is 0 Å². The van der Waals surface area contributed by atoms with Crippen LogP contribution in [0.3, 0.4) is 0 Å². The number of nitrogens with one attached hydrogen (secondary N) is 1. The van der Waals surface area contributed by atoms with Gasteiger partial charge in [-0.1, -0.05) is 30.3 Å². The van der Waals surface area contributed by atoms with E-state index in [-0.39, 0.29) is 5.82 Å². The lowest BCUT2D eigenvalue weighted by Crippen LogP contribution is -2.28. The Bertz CT molecular complexity index is 778. The lowest BCUT2D eigenvalue weighted by Gasteiger charge is -2.25. The zero-order valence-electron chi connectivity index (χ0n) is 10.9. The van der Waals surface area contributed by atoms with E-state index in [1.54, 1.807) is 17.4 Å². The van der Waals surface area contributed by atoms with Crippen molar-refractivity contribution in [2.75, 3.05) is 6.54 Å². The first-order valence-corrected chi connectivity index (χ1v) is 7.61. The number of fused-ring (bicyclic) bond motifs is 2. The van der Waals surface area contributed by atoms with E-state index in [1.165, 1.54) is 22.1 Å². The summed E-state index contributed by atoms with van der Waals surface area (Å²) in [4.78, 5) is 1.24. The van der Waals surface area contributed by atoms with Gasteiger partial charge in [0.25, 0.3) is 0 Å². The highest BCUT2D eigenvalue weighted by Gasteiger charge is 2.23. The van der Waals surface area contributed by atoms with Crippen molar-refractivity contribution in [1.82, 2.24) is 5.32 Å². The number of thiophene rings is 1. The van der Waals surface area contributed by atoms with Gasteiger partial charge < -0.3 is 5.32 Å². The topological polar surface area (TPSA) is 12.0 Å². The van der Waals surface area contributed by atoms with E-state index < -0.39 is 0 Å². The van der Waals surface area contributed by atoms with E-state index in [4.69, 9.17) is 0 Å². The molecule has 100 valence electrons. The molecule has 3 heteroatoms. The van der Waals surface area contributed by atoms with E-state index in [0.29, 0.717) is 5.92 Å². The largest absolute Gasteiger partial charge is 0.312 e. The van der Waals surface area contributed by atoms with Crippen LogP contribution in [0.15, 0.2) is 48.5 Å². The molecular formula is C17H14FNS. The molecule has 0 fully saturated rings. The minimum absolute atomic E-state index is 0.123. The Morgan fingerprint density at radius 2 is 2.00 bits per heavy atom. The molecule has 1 N–H and O–H groups in total. The molecule has 1 aliphatic rings. The van der Waals surface area contributed by atoms with E-state index >= 15 is 0 Å². The highest BCUT2D eigenvalue weighted by Crippen LogP contribution is 2.37. The van der Waals surface area contributed by atoms with Crippen LogP contribution in [-0.2, 0) is 6.54 Å². The molecule has 1 aromatic heterocycles. The number of hydrogen-bond acceptors (Lipinski definition) is 2. The van der Waals surface area contributed by atoms with Crippen molar-refractivity contribution < 1.29 is 4.39 Å². The molecule has 0 spiro atoms. The Kier molecular flexibility index (Phi) is 2.83. The lowest BCUT2D eigenvalue weighted by atomic mass is 9.89. The summed E-state index contributed by atoms with van der Waals surface area (Å²) in [5.41, 5.74) is 2.72. The second-order valence-corrected chi connectivity index (χ2v) is 6.30. The zero-order chi connectivity index (χ0) is 13.5. The predicted octanol–water partition coefficient (Wildman–Crippen LogP) is 4.28. The third-order valence-electron chi connectivity index (χ3n) is 3.97. The maximum atomic E-state index is 13.9. The van der Waals surface area contributed by atoms with Crippen molar-refractivity contribution in [1.29, 1.82) is 0 Å². The van der Waals surface area contributed by atoms with E-state index in [1.807, 2.05) is 12.1 Å². The van der Waals surface area contributed by atoms with Crippen molar-refractivity contribution in [3.63, 3.8) is 0 Å². The van der Waals surface area contributed by atoms with Crippen LogP contribution in [0.1, 0.15) is 21.9 Å². The van der Waals surface area contributed by atoms with Crippen LogP contribution in [0.2, 0.25) is 0 Å². The molecule has 20 heavy (non-hydrogen) atoms. The molecule has 0 saturated heterocycles. The van der Waals surface area contributed by atoms with E-state index in [2.05, 4.69) is 29.6 Å². The van der Waals surface area contributed by atoms with Crippen molar-refractivity contribution in [3.8, 4) is 0 Å². The molecule has 0 bridgehead atoms. The number of halogens is 1. The van der Waals surface area contributed by atoms with Gasteiger partial charge in [-0.05, 0) is 29.3 Å². The Hall–Kier alpha value is -1.71. The van der Waals surface area contributed by atoms with Crippen molar-refractivity contribution >= 4 is 21.4 Å². The Labute approximate surface area is 121 Å². The summed E-state index contributed by atoms with van der Waals surface area (Å²) in [6.07, 6.45) is 0. The Morgan fingerprint density at radius 3 is 2.90 bits per heavy atom. The Morgan fingerprint density at radius 1 is 1.10 bits per heavy atom. The summed E-state index contributed by atoms with van der Waals surface area (Å²) in [7, 11) is 0. The molecule has 0 saturated carbocycles. The maximum Gasteiger partial charge on any atom is 0.131 e. The second kappa shape index (κ2) is 4.69. The third-order valence-corrected chi connectivity index (χ3v) is 5.18. The number of rotatable bonds is 1. The molecule has 0 amide bonds.